The lowest BCUT2D eigenvalue weighted by Crippen LogP contribution is -2.60. The number of carbonyl (C=O) groups excluding carboxylic acids is 4. The van der Waals surface area contributed by atoms with Crippen LogP contribution in [-0.2, 0) is 19.1 Å². The molecule has 8 atom stereocenters. The van der Waals surface area contributed by atoms with E-state index in [1.807, 2.05) is 0 Å². The molecule has 2 N–H and O–H groups in total. The van der Waals surface area contributed by atoms with E-state index in [0.29, 0.717) is 6.42 Å². The molecule has 1 saturated carbocycles. The van der Waals surface area contributed by atoms with Gasteiger partial charge in [0.15, 0.2) is 18.2 Å². The highest BCUT2D eigenvalue weighted by molar-refractivity contribution is 6.01. The average molecular weight is 653 g/mol. The van der Waals surface area contributed by atoms with Crippen molar-refractivity contribution in [3.8, 4) is 11.8 Å². The quantitative estimate of drug-likeness (QED) is 0.471. The highest BCUT2D eigenvalue weighted by Crippen LogP contribution is 2.47. The van der Waals surface area contributed by atoms with Gasteiger partial charge < -0.3 is 29.9 Å². The number of hydrogen-bond donors (Lipinski definition) is 2. The second-order valence-corrected chi connectivity index (χ2v) is 13.6. The minimum absolute atomic E-state index is 0.0229. The van der Waals surface area contributed by atoms with Gasteiger partial charge in [0.2, 0.25) is 17.4 Å². The van der Waals surface area contributed by atoms with Crippen molar-refractivity contribution < 1.29 is 46.2 Å². The minimum atomic E-state index is -4.79. The molecular formula is C30H36F4N6O6. The smallest absolute Gasteiger partial charge is 0.422 e. The van der Waals surface area contributed by atoms with Crippen molar-refractivity contribution in [3.05, 3.63) is 18.3 Å². The summed E-state index contributed by atoms with van der Waals surface area (Å²) in [5.74, 6) is -3.24. The van der Waals surface area contributed by atoms with Crippen molar-refractivity contribution in [2.75, 3.05) is 25.0 Å². The Bertz CT molecular complexity index is 1450. The first-order valence-corrected chi connectivity index (χ1v) is 15.1. The summed E-state index contributed by atoms with van der Waals surface area (Å²) in [7, 11) is 0. The molecule has 0 unspecified atom stereocenters. The van der Waals surface area contributed by atoms with Crippen LogP contribution in [0.4, 0.5) is 28.2 Å². The van der Waals surface area contributed by atoms with Gasteiger partial charge in [0.05, 0.1) is 12.6 Å². The Morgan fingerprint density at radius 1 is 1.26 bits per heavy atom. The summed E-state index contributed by atoms with van der Waals surface area (Å²) in [5, 5.41) is 15.0. The largest absolute Gasteiger partial charge is 0.472 e. The number of nitriles is 1. The van der Waals surface area contributed by atoms with Crippen LogP contribution in [-0.4, -0.2) is 94.4 Å². The number of nitrogens with zero attached hydrogens (tertiary/aromatic N) is 4. The molecule has 46 heavy (non-hydrogen) atoms. The summed E-state index contributed by atoms with van der Waals surface area (Å²) in [6.07, 6.45) is -5.66. The van der Waals surface area contributed by atoms with E-state index in [1.165, 1.54) is 16.0 Å². The monoisotopic (exact) mass is 652 g/mol. The van der Waals surface area contributed by atoms with Crippen LogP contribution in [0.15, 0.2) is 18.3 Å². The molecule has 0 bridgehead atoms. The Kier molecular flexibility index (Phi) is 8.58. The van der Waals surface area contributed by atoms with Crippen LogP contribution in [0, 0.1) is 34.5 Å². The molecule has 1 aliphatic carbocycles. The maximum atomic E-state index is 15.2. The third kappa shape index (κ3) is 6.15. The summed E-state index contributed by atoms with van der Waals surface area (Å²) >= 11 is 0. The molecule has 1 aromatic rings. The molecule has 1 spiro atoms. The zero-order valence-corrected chi connectivity index (χ0v) is 25.8. The number of aromatic nitrogens is 1. The maximum Gasteiger partial charge on any atom is 0.422 e. The number of anilines is 1. The molecule has 4 heterocycles. The van der Waals surface area contributed by atoms with E-state index in [0.717, 1.165) is 0 Å². The van der Waals surface area contributed by atoms with Crippen LogP contribution in [0.2, 0.25) is 0 Å². The number of ether oxygens (including phenoxy) is 2. The first kappa shape index (κ1) is 33.2. The summed E-state index contributed by atoms with van der Waals surface area (Å²) in [4.78, 5) is 61.0. The second-order valence-electron chi connectivity index (χ2n) is 13.6. The van der Waals surface area contributed by atoms with Gasteiger partial charge in [-0.05, 0) is 48.1 Å². The van der Waals surface area contributed by atoms with E-state index in [2.05, 4.69) is 26.4 Å². The van der Waals surface area contributed by atoms with Gasteiger partial charge in [0.1, 0.15) is 24.3 Å². The van der Waals surface area contributed by atoms with Crippen molar-refractivity contribution in [1.29, 1.82) is 5.26 Å². The summed E-state index contributed by atoms with van der Waals surface area (Å²) < 4.78 is 63.6. The van der Waals surface area contributed by atoms with Gasteiger partial charge in [-0.15, -0.1) is 0 Å². The Balaban J connectivity index is 1.47. The van der Waals surface area contributed by atoms with Gasteiger partial charge in [0, 0.05) is 19.2 Å². The number of nitrogens with one attached hydrogen (secondary N) is 2. The van der Waals surface area contributed by atoms with Gasteiger partial charge in [0.25, 0.3) is 5.91 Å². The molecule has 2 saturated heterocycles. The predicted molar refractivity (Wildman–Crippen MR) is 152 cm³/mol. The van der Waals surface area contributed by atoms with Crippen molar-refractivity contribution in [2.45, 2.75) is 83.0 Å². The van der Waals surface area contributed by atoms with Crippen LogP contribution in [0.25, 0.3) is 0 Å². The number of halogens is 4. The van der Waals surface area contributed by atoms with Crippen LogP contribution in [0.1, 0.15) is 47.0 Å². The molecule has 1 aromatic heterocycles. The minimum Gasteiger partial charge on any atom is -0.472 e. The number of fused-ring (bicyclic) bond motifs is 2. The fourth-order valence-corrected chi connectivity index (χ4v) is 7.15. The molecule has 250 valence electrons. The predicted octanol–water partition coefficient (Wildman–Crippen LogP) is 3.19. The van der Waals surface area contributed by atoms with Crippen LogP contribution >= 0.6 is 0 Å². The number of carbonyl (C=O) groups is 4. The molecule has 4 aliphatic rings. The Morgan fingerprint density at radius 2 is 1.98 bits per heavy atom. The third-order valence-electron chi connectivity index (χ3n) is 9.42. The number of likely N-dealkylation sites (tertiary alicyclic amines) is 2. The second kappa shape index (κ2) is 11.9. The van der Waals surface area contributed by atoms with Crippen molar-refractivity contribution in [3.63, 3.8) is 0 Å². The van der Waals surface area contributed by atoms with E-state index < -0.39 is 83.7 Å². The Morgan fingerprint density at radius 3 is 2.63 bits per heavy atom. The van der Waals surface area contributed by atoms with Crippen molar-refractivity contribution in [1.82, 2.24) is 20.1 Å². The van der Waals surface area contributed by atoms with E-state index in [-0.39, 0.29) is 43.4 Å². The number of alkyl halides is 4. The number of hydrogen-bond acceptors (Lipinski definition) is 8. The first-order valence-electron chi connectivity index (χ1n) is 15.1. The summed E-state index contributed by atoms with van der Waals surface area (Å²) in [5.41, 5.74) is -2.68. The van der Waals surface area contributed by atoms with E-state index >= 15 is 4.39 Å². The molecule has 5 rings (SSSR count). The molecule has 12 nitrogen and oxygen atoms in total. The van der Waals surface area contributed by atoms with Crippen LogP contribution < -0.4 is 15.4 Å². The van der Waals surface area contributed by atoms with E-state index in [1.54, 1.807) is 39.8 Å². The molecule has 16 heteroatoms. The highest BCUT2D eigenvalue weighted by Gasteiger charge is 2.60. The number of rotatable bonds is 4. The SMILES string of the molecule is C[C@H]1[C@H]2[C@@H](CC[C@H]1F)CN(C(=O)[C@@H](NC(=O)OCC(F)(F)F)C(C)(C)C)[C@@H]2C(=O)N1C[C@@]2(C[C@H]1C#N)Oc1cccnc1NC2=O. The molecular weight excluding hydrogens is 616 g/mol. The lowest BCUT2D eigenvalue weighted by Gasteiger charge is -2.40. The van der Waals surface area contributed by atoms with Crippen LogP contribution in [0.3, 0.4) is 0 Å². The normalized spacial score (nSPS) is 31.2. The highest BCUT2D eigenvalue weighted by atomic mass is 19.4. The molecule has 0 aromatic carbocycles. The number of amides is 4. The molecule has 0 radical (unpaired) electrons. The van der Waals surface area contributed by atoms with Crippen molar-refractivity contribution >= 4 is 29.6 Å². The zero-order valence-electron chi connectivity index (χ0n) is 25.8. The molecule has 3 aliphatic heterocycles. The number of pyridine rings is 1. The Hall–Kier alpha value is -4.16. The molecule has 4 amide bonds. The van der Waals surface area contributed by atoms with Gasteiger partial charge in [-0.3, -0.25) is 14.4 Å². The van der Waals surface area contributed by atoms with E-state index in [4.69, 9.17) is 4.74 Å². The maximum absolute atomic E-state index is 15.2. The van der Waals surface area contributed by atoms with Gasteiger partial charge >= 0.3 is 12.3 Å². The average Bonchev–Trinajstić information content (AvgIpc) is 3.56. The number of alkyl carbamates (subject to hydrolysis) is 1. The lowest BCUT2D eigenvalue weighted by molar-refractivity contribution is -0.161. The lowest BCUT2D eigenvalue weighted by atomic mass is 9.70. The fourth-order valence-electron chi connectivity index (χ4n) is 7.15. The zero-order chi connectivity index (χ0) is 33.8. The van der Waals surface area contributed by atoms with E-state index in [9.17, 15) is 37.6 Å². The topological polar surface area (TPSA) is 154 Å². The first-order chi connectivity index (χ1) is 21.5. The van der Waals surface area contributed by atoms with Crippen LogP contribution in [0.5, 0.6) is 5.75 Å². The third-order valence-corrected chi connectivity index (χ3v) is 9.42. The summed E-state index contributed by atoms with van der Waals surface area (Å²) in [6, 6.07) is 1.40. The Labute approximate surface area is 262 Å². The standard InChI is InChI=1S/C30H36F4N6O6/c1-15-18(31)8-7-16-12-39(25(42)22(28(2,3)4)37-27(44)45-14-30(32,33)34)21(20(15)16)24(41)40-13-29(10-17(40)11-35)26(43)38-23-19(46-29)6-5-9-36-23/h5-6,9,15-18,20-22H,7-8,10,12-14H2,1-4H3,(H,37,44)(H,36,38,43)/t15-,16+,17+,18-,20+,21+,22-,29-/m1/s1. The van der Waals surface area contributed by atoms with Gasteiger partial charge in [-0.25, -0.2) is 14.2 Å². The molecule has 3 fully saturated rings. The summed E-state index contributed by atoms with van der Waals surface area (Å²) in [6.45, 7) is 4.23. The van der Waals surface area contributed by atoms with Crippen molar-refractivity contribution in [2.24, 2.45) is 23.2 Å². The van der Waals surface area contributed by atoms with Gasteiger partial charge in [-0.2, -0.15) is 18.4 Å². The van der Waals surface area contributed by atoms with Gasteiger partial charge in [-0.1, -0.05) is 27.7 Å². The fraction of sp³-hybridized carbons (Fsp3) is 0.667.